The summed E-state index contributed by atoms with van der Waals surface area (Å²) in [6, 6.07) is 0. The molecule has 0 unspecified atom stereocenters. The highest BCUT2D eigenvalue weighted by atomic mass is 15.1. The predicted octanol–water partition coefficient (Wildman–Crippen LogP) is 10.8. The second-order valence-electron chi connectivity index (χ2n) is 10.7. The Morgan fingerprint density at radius 2 is 0.548 bits per heavy atom. The molecule has 0 atom stereocenters. The fourth-order valence-corrected chi connectivity index (χ4v) is 5.57. The van der Waals surface area contributed by atoms with E-state index in [1.807, 2.05) is 0 Å². The normalized spacial score (nSPS) is 12.6. The van der Waals surface area contributed by atoms with Crippen LogP contribution in [0.2, 0.25) is 0 Å². The van der Waals surface area contributed by atoms with Crippen molar-refractivity contribution in [2.24, 2.45) is 0 Å². The molecule has 1 N–H and O–H groups in total. The minimum Gasteiger partial charge on any atom is -0.306 e. The fraction of sp³-hybridized carbons (Fsp3) is 1.00. The lowest BCUT2D eigenvalue weighted by molar-refractivity contribution is 0.125. The summed E-state index contributed by atoms with van der Waals surface area (Å²) in [5, 5.41) is 4.59. The van der Waals surface area contributed by atoms with Crippen LogP contribution in [0.5, 0.6) is 0 Å². The van der Waals surface area contributed by atoms with Gasteiger partial charge in [-0.3, -0.25) is 0 Å². The largest absolute Gasteiger partial charge is 0.306 e. The number of unbranched alkanes of at least 4 members (excludes halogenated alkanes) is 10. The summed E-state index contributed by atoms with van der Waals surface area (Å²) in [4.78, 5) is 0. The molecule has 0 fully saturated rings. The number of hydrogen-bond donors (Lipinski definition) is 1. The van der Waals surface area contributed by atoms with Crippen LogP contribution >= 0.6 is 0 Å². The molecule has 0 saturated carbocycles. The van der Waals surface area contributed by atoms with Crippen molar-refractivity contribution in [3.8, 4) is 0 Å². The molecule has 1 nitrogen and oxygen atoms in total. The zero-order valence-electron chi connectivity index (χ0n) is 23.1. The minimum atomic E-state index is 0.381. The van der Waals surface area contributed by atoms with Crippen LogP contribution in [0.4, 0.5) is 0 Å². The first-order chi connectivity index (χ1) is 15.1. The van der Waals surface area contributed by atoms with Crippen LogP contribution in [0.3, 0.4) is 0 Å². The Labute approximate surface area is 199 Å². The third-order valence-electron chi connectivity index (χ3n) is 7.58. The van der Waals surface area contributed by atoms with E-state index < -0.39 is 0 Å². The third kappa shape index (κ3) is 14.7. The molecule has 0 bridgehead atoms. The van der Waals surface area contributed by atoms with Gasteiger partial charge in [-0.25, -0.2) is 0 Å². The molecule has 188 valence electrons. The molecule has 0 aromatic carbocycles. The molecule has 0 aromatic heterocycles. The van der Waals surface area contributed by atoms with E-state index >= 15 is 0 Å². The average molecular weight is 438 g/mol. The van der Waals surface area contributed by atoms with Crippen molar-refractivity contribution in [2.75, 3.05) is 0 Å². The first-order valence-electron chi connectivity index (χ1n) is 14.9. The summed E-state index contributed by atoms with van der Waals surface area (Å²) in [6.07, 6.45) is 30.4. The minimum absolute atomic E-state index is 0.381. The van der Waals surface area contributed by atoms with Crippen molar-refractivity contribution < 1.29 is 0 Å². The van der Waals surface area contributed by atoms with E-state index in [0.29, 0.717) is 11.1 Å². The van der Waals surface area contributed by atoms with Crippen molar-refractivity contribution in [1.29, 1.82) is 0 Å². The third-order valence-corrected chi connectivity index (χ3v) is 7.58. The lowest BCUT2D eigenvalue weighted by Crippen LogP contribution is -2.58. The lowest BCUT2D eigenvalue weighted by atomic mass is 9.75. The molecule has 0 heterocycles. The van der Waals surface area contributed by atoms with Crippen LogP contribution in [0.15, 0.2) is 0 Å². The Hall–Kier alpha value is -0.0400. The van der Waals surface area contributed by atoms with E-state index in [4.69, 9.17) is 0 Å². The van der Waals surface area contributed by atoms with Crippen molar-refractivity contribution in [2.45, 2.75) is 194 Å². The van der Waals surface area contributed by atoms with E-state index in [0.717, 1.165) is 0 Å². The fourth-order valence-electron chi connectivity index (χ4n) is 5.57. The summed E-state index contributed by atoms with van der Waals surface area (Å²) in [7, 11) is 0. The van der Waals surface area contributed by atoms with Crippen molar-refractivity contribution in [1.82, 2.24) is 5.32 Å². The van der Waals surface area contributed by atoms with E-state index in [1.165, 1.54) is 141 Å². The SMILES string of the molecule is CCCCCC(CCCC)(CCCCC)NC(CCCC)(CCCCC)CCCCC. The molecular weight excluding hydrogens is 374 g/mol. The highest BCUT2D eigenvalue weighted by Gasteiger charge is 2.38. The van der Waals surface area contributed by atoms with Gasteiger partial charge in [-0.15, -0.1) is 0 Å². The second-order valence-corrected chi connectivity index (χ2v) is 10.7. The maximum absolute atomic E-state index is 4.59. The molecule has 0 radical (unpaired) electrons. The standard InChI is InChI=1S/C30H63N/c1-7-13-19-25-29(23-17-11-5,26-20-14-8-2)31-30(24-18-12-6,27-21-15-9-3)28-22-16-10-4/h31H,7-28H2,1-6H3. The summed E-state index contributed by atoms with van der Waals surface area (Å²) < 4.78 is 0. The van der Waals surface area contributed by atoms with Gasteiger partial charge in [0.25, 0.3) is 0 Å². The quantitative estimate of drug-likeness (QED) is 0.148. The Morgan fingerprint density at radius 1 is 0.323 bits per heavy atom. The topological polar surface area (TPSA) is 12.0 Å². The zero-order chi connectivity index (χ0) is 23.3. The summed E-state index contributed by atoms with van der Waals surface area (Å²) in [6.45, 7) is 14.2. The molecule has 31 heavy (non-hydrogen) atoms. The molecule has 0 aliphatic heterocycles. The van der Waals surface area contributed by atoms with Gasteiger partial charge in [-0.1, -0.05) is 144 Å². The van der Waals surface area contributed by atoms with Crippen molar-refractivity contribution in [3.63, 3.8) is 0 Å². The summed E-state index contributed by atoms with van der Waals surface area (Å²) >= 11 is 0. The molecule has 0 aromatic rings. The van der Waals surface area contributed by atoms with Gasteiger partial charge in [0.2, 0.25) is 0 Å². The van der Waals surface area contributed by atoms with Crippen molar-refractivity contribution >= 4 is 0 Å². The van der Waals surface area contributed by atoms with E-state index in [9.17, 15) is 0 Å². The zero-order valence-corrected chi connectivity index (χ0v) is 23.1. The van der Waals surface area contributed by atoms with E-state index in [1.54, 1.807) is 0 Å². The Morgan fingerprint density at radius 3 is 0.774 bits per heavy atom. The first kappa shape index (κ1) is 31.0. The summed E-state index contributed by atoms with van der Waals surface area (Å²) in [5.74, 6) is 0. The van der Waals surface area contributed by atoms with E-state index in [-0.39, 0.29) is 0 Å². The van der Waals surface area contributed by atoms with Crippen molar-refractivity contribution in [3.05, 3.63) is 0 Å². The van der Waals surface area contributed by atoms with Crippen LogP contribution in [-0.2, 0) is 0 Å². The van der Waals surface area contributed by atoms with Crippen LogP contribution in [0, 0.1) is 0 Å². The van der Waals surface area contributed by atoms with Crippen LogP contribution in [0.25, 0.3) is 0 Å². The predicted molar refractivity (Wildman–Crippen MR) is 144 cm³/mol. The maximum atomic E-state index is 4.59. The molecule has 0 amide bonds. The lowest BCUT2D eigenvalue weighted by Gasteiger charge is -2.47. The molecule has 0 rings (SSSR count). The van der Waals surface area contributed by atoms with Crippen LogP contribution < -0.4 is 5.32 Å². The van der Waals surface area contributed by atoms with Gasteiger partial charge >= 0.3 is 0 Å². The van der Waals surface area contributed by atoms with Gasteiger partial charge in [0.15, 0.2) is 0 Å². The molecule has 0 saturated heterocycles. The second kappa shape index (κ2) is 20.6. The molecular formula is C30H63N. The Kier molecular flexibility index (Phi) is 20.5. The van der Waals surface area contributed by atoms with Gasteiger partial charge in [-0.2, -0.15) is 0 Å². The van der Waals surface area contributed by atoms with E-state index in [2.05, 4.69) is 46.9 Å². The Bertz CT molecular complexity index is 307. The Balaban J connectivity index is 5.81. The van der Waals surface area contributed by atoms with Gasteiger partial charge in [0.1, 0.15) is 0 Å². The highest BCUT2D eigenvalue weighted by Crippen LogP contribution is 2.36. The first-order valence-corrected chi connectivity index (χ1v) is 14.9. The summed E-state index contributed by atoms with van der Waals surface area (Å²) in [5.41, 5.74) is 0.763. The number of hydrogen-bond acceptors (Lipinski definition) is 1. The smallest absolute Gasteiger partial charge is 0.0186 e. The monoisotopic (exact) mass is 437 g/mol. The maximum Gasteiger partial charge on any atom is 0.0186 e. The average Bonchev–Trinajstić information content (AvgIpc) is 2.77. The molecule has 0 spiro atoms. The molecule has 0 aliphatic carbocycles. The van der Waals surface area contributed by atoms with Gasteiger partial charge < -0.3 is 5.32 Å². The highest BCUT2D eigenvalue weighted by molar-refractivity contribution is 4.99. The molecule has 1 heteroatoms. The number of nitrogens with one attached hydrogen (secondary N) is 1. The van der Waals surface area contributed by atoms with Gasteiger partial charge in [0.05, 0.1) is 0 Å². The van der Waals surface area contributed by atoms with Crippen LogP contribution in [0.1, 0.15) is 183 Å². The van der Waals surface area contributed by atoms with Crippen LogP contribution in [-0.4, -0.2) is 11.1 Å². The number of rotatable bonds is 24. The van der Waals surface area contributed by atoms with Gasteiger partial charge in [-0.05, 0) is 38.5 Å². The molecule has 0 aliphatic rings. The van der Waals surface area contributed by atoms with Gasteiger partial charge in [0, 0.05) is 11.1 Å².